The number of aromatic nitrogens is 2. The second kappa shape index (κ2) is 6.72. The number of H-pyrrole nitrogens is 1. The van der Waals surface area contributed by atoms with Crippen LogP contribution >= 0.6 is 0 Å². The number of carbonyl (C=O) groups excluding carboxylic acids is 2. The predicted molar refractivity (Wildman–Crippen MR) is 96.9 cm³/mol. The number of fused-ring (bicyclic) bond motifs is 3. The molecule has 2 amide bonds. The van der Waals surface area contributed by atoms with E-state index in [-0.39, 0.29) is 11.9 Å². The number of para-hydroxylation sites is 2. The molecule has 156 valence electrons. The zero-order valence-electron chi connectivity index (χ0n) is 15.7. The van der Waals surface area contributed by atoms with Crippen LogP contribution < -0.4 is 5.32 Å². The lowest BCUT2D eigenvalue weighted by molar-refractivity contribution is -0.251. The highest BCUT2D eigenvalue weighted by Gasteiger charge is 2.60. The Labute approximate surface area is 164 Å². The summed E-state index contributed by atoms with van der Waals surface area (Å²) in [7, 11) is 0. The van der Waals surface area contributed by atoms with Crippen LogP contribution in [0.15, 0.2) is 24.3 Å². The van der Waals surface area contributed by atoms with Crippen LogP contribution in [-0.4, -0.2) is 61.7 Å². The van der Waals surface area contributed by atoms with Crippen LogP contribution in [-0.2, 0) is 4.79 Å². The number of amides is 2. The van der Waals surface area contributed by atoms with Gasteiger partial charge in [-0.25, -0.2) is 4.98 Å². The molecule has 3 atom stereocenters. The molecule has 0 aliphatic carbocycles. The predicted octanol–water partition coefficient (Wildman–Crippen LogP) is 2.13. The van der Waals surface area contributed by atoms with Gasteiger partial charge >= 0.3 is 6.18 Å². The highest BCUT2D eigenvalue weighted by atomic mass is 19.4. The summed E-state index contributed by atoms with van der Waals surface area (Å²) in [5, 5.41) is 12.6. The number of nitrogens with one attached hydrogen (secondary N) is 2. The smallest absolute Gasteiger partial charge is 0.373 e. The summed E-state index contributed by atoms with van der Waals surface area (Å²) in [4.78, 5) is 33.3. The molecule has 0 radical (unpaired) electrons. The van der Waals surface area contributed by atoms with Crippen molar-refractivity contribution in [1.82, 2.24) is 20.2 Å². The molecule has 1 aromatic carbocycles. The fourth-order valence-corrected chi connectivity index (χ4v) is 4.31. The maximum absolute atomic E-state index is 13.1. The summed E-state index contributed by atoms with van der Waals surface area (Å²) in [5.74, 6) is -1.55. The first kappa shape index (κ1) is 19.7. The summed E-state index contributed by atoms with van der Waals surface area (Å²) in [6.45, 7) is 0.490. The molecule has 2 bridgehead atoms. The maximum atomic E-state index is 13.1. The number of hydrogen-bond donors (Lipinski definition) is 3. The highest BCUT2D eigenvalue weighted by molar-refractivity contribution is 5.94. The van der Waals surface area contributed by atoms with Gasteiger partial charge < -0.3 is 20.3 Å². The molecule has 3 heterocycles. The van der Waals surface area contributed by atoms with Crippen molar-refractivity contribution in [2.24, 2.45) is 0 Å². The van der Waals surface area contributed by atoms with Gasteiger partial charge in [0.05, 0.1) is 11.0 Å². The van der Waals surface area contributed by atoms with Crippen molar-refractivity contribution in [1.29, 1.82) is 0 Å². The lowest BCUT2D eigenvalue weighted by Crippen LogP contribution is -2.61. The van der Waals surface area contributed by atoms with E-state index in [1.54, 1.807) is 12.1 Å². The van der Waals surface area contributed by atoms with Gasteiger partial charge in [-0.3, -0.25) is 9.59 Å². The van der Waals surface area contributed by atoms with Gasteiger partial charge in [0.2, 0.25) is 5.60 Å². The molecular formula is C19H21F3N4O3. The lowest BCUT2D eigenvalue weighted by Gasteiger charge is -2.42. The van der Waals surface area contributed by atoms with Gasteiger partial charge in [0.25, 0.3) is 11.8 Å². The van der Waals surface area contributed by atoms with E-state index >= 15 is 0 Å². The zero-order valence-corrected chi connectivity index (χ0v) is 15.7. The average Bonchev–Trinajstić information content (AvgIpc) is 3.19. The van der Waals surface area contributed by atoms with Gasteiger partial charge in [-0.1, -0.05) is 12.1 Å². The molecule has 10 heteroatoms. The van der Waals surface area contributed by atoms with Gasteiger partial charge in [-0.15, -0.1) is 0 Å². The first-order valence-electron chi connectivity index (χ1n) is 9.45. The molecule has 2 aliphatic heterocycles. The minimum Gasteiger partial charge on any atom is -0.373 e. The van der Waals surface area contributed by atoms with Gasteiger partial charge in [0.1, 0.15) is 0 Å². The molecule has 2 aliphatic rings. The van der Waals surface area contributed by atoms with E-state index in [1.807, 2.05) is 12.1 Å². The number of imidazole rings is 1. The van der Waals surface area contributed by atoms with Crippen LogP contribution in [0.25, 0.3) is 11.0 Å². The van der Waals surface area contributed by atoms with Gasteiger partial charge in [-0.2, -0.15) is 13.2 Å². The minimum atomic E-state index is -5.05. The number of halogens is 3. The number of hydrogen-bond acceptors (Lipinski definition) is 4. The molecule has 2 saturated heterocycles. The molecule has 0 spiro atoms. The standard InChI is InChI=1S/C19H21F3N4O3/c1-18(29,19(20,21)22)17(28)26-11-6-7-12(26)9-10(8-11)23-16(27)15-24-13-4-2-3-5-14(13)25-15/h2-5,10-12,29H,6-9H2,1H3,(H,23,27)(H,24,25)/t11-,12-,18?/m0/s1. The van der Waals surface area contributed by atoms with Crippen LogP contribution in [0.4, 0.5) is 13.2 Å². The van der Waals surface area contributed by atoms with Crippen LogP contribution in [0.3, 0.4) is 0 Å². The van der Waals surface area contributed by atoms with Crippen molar-refractivity contribution in [3.05, 3.63) is 30.1 Å². The molecule has 1 unspecified atom stereocenters. The van der Waals surface area contributed by atoms with Gasteiger partial charge in [0.15, 0.2) is 5.82 Å². The number of piperidine rings is 1. The van der Waals surface area contributed by atoms with Crippen molar-refractivity contribution in [2.75, 3.05) is 0 Å². The monoisotopic (exact) mass is 410 g/mol. The molecule has 3 N–H and O–H groups in total. The highest BCUT2D eigenvalue weighted by Crippen LogP contribution is 2.40. The second-order valence-electron chi connectivity index (χ2n) is 7.91. The average molecular weight is 410 g/mol. The molecule has 29 heavy (non-hydrogen) atoms. The van der Waals surface area contributed by atoms with E-state index < -0.39 is 35.7 Å². The zero-order chi connectivity index (χ0) is 21.0. The van der Waals surface area contributed by atoms with Gasteiger partial charge in [-0.05, 0) is 44.7 Å². The fraction of sp³-hybridized carbons (Fsp3) is 0.526. The summed E-state index contributed by atoms with van der Waals surface area (Å²) in [6, 6.07) is 6.03. The van der Waals surface area contributed by atoms with Crippen molar-refractivity contribution in [3.63, 3.8) is 0 Å². The summed E-state index contributed by atoms with van der Waals surface area (Å²) >= 11 is 0. The largest absolute Gasteiger partial charge is 0.426 e. The second-order valence-corrected chi connectivity index (χ2v) is 7.91. The molecule has 0 saturated carbocycles. The summed E-state index contributed by atoms with van der Waals surface area (Å²) < 4.78 is 39.2. The number of aliphatic hydroxyl groups is 1. The Kier molecular flexibility index (Phi) is 4.56. The molecule has 2 fully saturated rings. The Hall–Kier alpha value is -2.62. The van der Waals surface area contributed by atoms with E-state index in [4.69, 9.17) is 0 Å². The van der Waals surface area contributed by atoms with E-state index in [0.29, 0.717) is 38.1 Å². The van der Waals surface area contributed by atoms with E-state index in [1.165, 1.54) is 0 Å². The van der Waals surface area contributed by atoms with E-state index in [2.05, 4.69) is 15.3 Å². The van der Waals surface area contributed by atoms with Crippen LogP contribution in [0.1, 0.15) is 43.2 Å². The third-order valence-corrected chi connectivity index (χ3v) is 5.88. The fourth-order valence-electron chi connectivity index (χ4n) is 4.31. The first-order valence-corrected chi connectivity index (χ1v) is 9.45. The molecule has 1 aromatic heterocycles. The Balaban J connectivity index is 1.45. The SMILES string of the molecule is CC(O)(C(=O)N1[C@H]2CC[C@H]1CC(NC(=O)c1nc3ccccc3[nH]1)C2)C(F)(F)F. The summed E-state index contributed by atoms with van der Waals surface area (Å²) in [6.07, 6.45) is -3.29. The quantitative estimate of drug-likeness (QED) is 0.722. The van der Waals surface area contributed by atoms with Crippen molar-refractivity contribution < 1.29 is 27.9 Å². The van der Waals surface area contributed by atoms with E-state index in [0.717, 1.165) is 10.4 Å². The number of rotatable bonds is 3. The number of alkyl halides is 3. The number of aromatic amines is 1. The third-order valence-electron chi connectivity index (χ3n) is 5.88. The topological polar surface area (TPSA) is 98.3 Å². The number of carbonyl (C=O) groups is 2. The Morgan fingerprint density at radius 3 is 2.41 bits per heavy atom. The van der Waals surface area contributed by atoms with E-state index in [9.17, 15) is 27.9 Å². The number of nitrogens with zero attached hydrogens (tertiary/aromatic N) is 2. The van der Waals surface area contributed by atoms with Crippen LogP contribution in [0.2, 0.25) is 0 Å². The Morgan fingerprint density at radius 2 is 1.83 bits per heavy atom. The van der Waals surface area contributed by atoms with Gasteiger partial charge in [0, 0.05) is 18.1 Å². The van der Waals surface area contributed by atoms with Crippen molar-refractivity contribution in [2.45, 2.75) is 62.5 Å². The normalized spacial score (nSPS) is 26.4. The first-order chi connectivity index (χ1) is 13.6. The Bertz CT molecular complexity index is 909. The van der Waals surface area contributed by atoms with Crippen LogP contribution in [0, 0.1) is 0 Å². The molecule has 7 nitrogen and oxygen atoms in total. The lowest BCUT2D eigenvalue weighted by atomic mass is 9.94. The van der Waals surface area contributed by atoms with Crippen molar-refractivity contribution in [3.8, 4) is 0 Å². The molecule has 2 aromatic rings. The molecule has 4 rings (SSSR count). The third kappa shape index (κ3) is 3.35. The minimum absolute atomic E-state index is 0.164. The molecular weight excluding hydrogens is 389 g/mol. The van der Waals surface area contributed by atoms with Crippen molar-refractivity contribution >= 4 is 22.8 Å². The van der Waals surface area contributed by atoms with Crippen LogP contribution in [0.5, 0.6) is 0 Å². The summed E-state index contributed by atoms with van der Waals surface area (Å²) in [5.41, 5.74) is -2.03. The maximum Gasteiger partial charge on any atom is 0.426 e. The number of benzene rings is 1. The Morgan fingerprint density at radius 1 is 1.21 bits per heavy atom.